The van der Waals surface area contributed by atoms with Crippen LogP contribution in [0.4, 0.5) is 0 Å². The summed E-state index contributed by atoms with van der Waals surface area (Å²) >= 11 is 3.35. The van der Waals surface area contributed by atoms with E-state index in [1.54, 1.807) is 18.0 Å². The maximum atomic E-state index is 12.6. The molecule has 1 aromatic heterocycles. The monoisotopic (exact) mass is 337 g/mol. The molecule has 2 N–H and O–H groups in total. The topological polar surface area (TPSA) is 70.1 Å². The molecule has 0 saturated carbocycles. The number of benzene rings is 1. The van der Waals surface area contributed by atoms with Crippen LogP contribution >= 0.6 is 15.9 Å². The molecule has 0 amide bonds. The Morgan fingerprint density at radius 1 is 1.45 bits per heavy atom. The van der Waals surface area contributed by atoms with Crippen LogP contribution in [0.5, 0.6) is 0 Å². The van der Waals surface area contributed by atoms with Gasteiger partial charge in [0.1, 0.15) is 5.69 Å². The number of hydrogen-bond acceptors (Lipinski definition) is 4. The molecule has 0 fully saturated rings. The van der Waals surface area contributed by atoms with Crippen molar-refractivity contribution in [3.05, 3.63) is 52.3 Å². The number of hydrogen-bond donors (Lipinski definition) is 1. The first kappa shape index (κ1) is 14.9. The standard InChI is InChI=1S/C14H16BrN3O2/c1-20-8-7-18-13(11(15)9-17-18)14(19)12(16)10-5-3-2-4-6-10/h2-6,9,12H,7-8,16H2,1H3. The Balaban J connectivity index is 2.27. The molecule has 5 nitrogen and oxygen atoms in total. The number of halogens is 1. The molecule has 0 aliphatic carbocycles. The predicted octanol–water partition coefficient (Wildman–Crippen LogP) is 2.17. The minimum atomic E-state index is -0.703. The Bertz CT molecular complexity index is 583. The van der Waals surface area contributed by atoms with Crippen LogP contribution in [-0.2, 0) is 11.3 Å². The average molecular weight is 338 g/mol. The lowest BCUT2D eigenvalue weighted by Crippen LogP contribution is -2.25. The molecule has 20 heavy (non-hydrogen) atoms. The van der Waals surface area contributed by atoms with Crippen LogP contribution in [0.25, 0.3) is 0 Å². The molecule has 6 heteroatoms. The molecule has 0 spiro atoms. The summed E-state index contributed by atoms with van der Waals surface area (Å²) in [6.45, 7) is 0.986. The third kappa shape index (κ3) is 3.15. The number of nitrogens with two attached hydrogens (primary N) is 1. The van der Waals surface area contributed by atoms with Crippen molar-refractivity contribution in [2.45, 2.75) is 12.6 Å². The van der Waals surface area contributed by atoms with E-state index in [0.717, 1.165) is 5.56 Å². The summed E-state index contributed by atoms with van der Waals surface area (Å²) in [5, 5.41) is 4.16. The van der Waals surface area contributed by atoms with Gasteiger partial charge in [-0.05, 0) is 21.5 Å². The number of methoxy groups -OCH3 is 1. The van der Waals surface area contributed by atoms with Gasteiger partial charge in [0.2, 0.25) is 5.78 Å². The first-order valence-electron chi connectivity index (χ1n) is 6.20. The van der Waals surface area contributed by atoms with Gasteiger partial charge in [0.05, 0.1) is 29.9 Å². The Kier molecular flexibility index (Phi) is 5.05. The van der Waals surface area contributed by atoms with Gasteiger partial charge in [-0.25, -0.2) is 0 Å². The maximum absolute atomic E-state index is 12.6. The van der Waals surface area contributed by atoms with E-state index >= 15 is 0 Å². The van der Waals surface area contributed by atoms with Crippen molar-refractivity contribution in [1.82, 2.24) is 9.78 Å². The lowest BCUT2D eigenvalue weighted by Gasteiger charge is -2.13. The molecule has 0 saturated heterocycles. The number of nitrogens with zero attached hydrogens (tertiary/aromatic N) is 2. The fraction of sp³-hybridized carbons (Fsp3) is 0.286. The molecule has 0 radical (unpaired) electrons. The Hall–Kier alpha value is -1.50. The summed E-state index contributed by atoms with van der Waals surface area (Å²) in [6, 6.07) is 8.59. The van der Waals surface area contributed by atoms with Gasteiger partial charge >= 0.3 is 0 Å². The molecule has 1 heterocycles. The number of rotatable bonds is 6. The van der Waals surface area contributed by atoms with E-state index in [1.165, 1.54) is 0 Å². The highest BCUT2D eigenvalue weighted by atomic mass is 79.9. The summed E-state index contributed by atoms with van der Waals surface area (Å²) in [7, 11) is 1.61. The van der Waals surface area contributed by atoms with E-state index in [-0.39, 0.29) is 5.78 Å². The third-order valence-corrected chi connectivity index (χ3v) is 3.56. The van der Waals surface area contributed by atoms with Crippen molar-refractivity contribution in [3.63, 3.8) is 0 Å². The highest BCUT2D eigenvalue weighted by molar-refractivity contribution is 9.10. The van der Waals surface area contributed by atoms with Crippen LogP contribution < -0.4 is 5.73 Å². The molecule has 1 atom stereocenters. The molecule has 106 valence electrons. The second kappa shape index (κ2) is 6.78. The van der Waals surface area contributed by atoms with Crippen LogP contribution in [0.2, 0.25) is 0 Å². The number of aromatic nitrogens is 2. The van der Waals surface area contributed by atoms with Crippen LogP contribution in [0, 0.1) is 0 Å². The fourth-order valence-corrected chi connectivity index (χ4v) is 2.41. The number of ketones is 1. The predicted molar refractivity (Wildman–Crippen MR) is 79.5 cm³/mol. The molecule has 0 bridgehead atoms. The molecular weight excluding hydrogens is 322 g/mol. The summed E-state index contributed by atoms with van der Waals surface area (Å²) in [4.78, 5) is 12.6. The zero-order chi connectivity index (χ0) is 14.5. The third-order valence-electron chi connectivity index (χ3n) is 2.98. The summed E-state index contributed by atoms with van der Waals surface area (Å²) in [5.74, 6) is -0.170. The smallest absolute Gasteiger partial charge is 0.203 e. The van der Waals surface area contributed by atoms with E-state index in [1.807, 2.05) is 30.3 Å². The molecule has 2 aromatic rings. The van der Waals surface area contributed by atoms with Crippen molar-refractivity contribution < 1.29 is 9.53 Å². The molecule has 1 aromatic carbocycles. The molecular formula is C14H16BrN3O2. The van der Waals surface area contributed by atoms with Crippen molar-refractivity contribution in [2.75, 3.05) is 13.7 Å². The van der Waals surface area contributed by atoms with Gasteiger partial charge in [-0.2, -0.15) is 5.10 Å². The van der Waals surface area contributed by atoms with Gasteiger partial charge in [-0.15, -0.1) is 0 Å². The Morgan fingerprint density at radius 3 is 2.80 bits per heavy atom. The zero-order valence-corrected chi connectivity index (χ0v) is 12.7. The van der Waals surface area contributed by atoms with Crippen molar-refractivity contribution >= 4 is 21.7 Å². The van der Waals surface area contributed by atoms with Crippen molar-refractivity contribution in [2.24, 2.45) is 5.73 Å². The number of Topliss-reactive ketones (excluding diaryl/α,β-unsaturated/α-hetero) is 1. The quantitative estimate of drug-likeness (QED) is 0.820. The second-order valence-electron chi connectivity index (χ2n) is 4.31. The first-order chi connectivity index (χ1) is 9.65. The molecule has 1 unspecified atom stereocenters. The van der Waals surface area contributed by atoms with Crippen molar-refractivity contribution in [1.29, 1.82) is 0 Å². The van der Waals surface area contributed by atoms with Crippen LogP contribution in [0.3, 0.4) is 0 Å². The number of carbonyl (C=O) groups excluding carboxylic acids is 1. The first-order valence-corrected chi connectivity index (χ1v) is 6.99. The molecule has 0 aliphatic rings. The van der Waals surface area contributed by atoms with E-state index in [4.69, 9.17) is 10.5 Å². The zero-order valence-electron chi connectivity index (χ0n) is 11.1. The maximum Gasteiger partial charge on any atom is 0.203 e. The van der Waals surface area contributed by atoms with Crippen LogP contribution in [0.15, 0.2) is 41.0 Å². The Labute approximate surface area is 125 Å². The lowest BCUT2D eigenvalue weighted by molar-refractivity contribution is 0.0946. The second-order valence-corrected chi connectivity index (χ2v) is 5.16. The minimum absolute atomic E-state index is 0.170. The van der Waals surface area contributed by atoms with Gasteiger partial charge in [0.25, 0.3) is 0 Å². The van der Waals surface area contributed by atoms with Crippen LogP contribution in [-0.4, -0.2) is 29.3 Å². The fourth-order valence-electron chi connectivity index (χ4n) is 1.91. The summed E-state index contributed by atoms with van der Waals surface area (Å²) in [5.41, 5.74) is 7.31. The summed E-state index contributed by atoms with van der Waals surface area (Å²) < 4.78 is 7.27. The Morgan fingerprint density at radius 2 is 2.15 bits per heavy atom. The van der Waals surface area contributed by atoms with Gasteiger partial charge in [0.15, 0.2) is 0 Å². The van der Waals surface area contributed by atoms with Crippen molar-refractivity contribution in [3.8, 4) is 0 Å². The van der Waals surface area contributed by atoms with Gasteiger partial charge in [0, 0.05) is 7.11 Å². The van der Waals surface area contributed by atoms with E-state index in [2.05, 4.69) is 21.0 Å². The van der Waals surface area contributed by atoms with E-state index in [9.17, 15) is 4.79 Å². The summed E-state index contributed by atoms with van der Waals surface area (Å²) in [6.07, 6.45) is 1.60. The molecule has 2 rings (SSSR count). The van der Waals surface area contributed by atoms with E-state index < -0.39 is 6.04 Å². The van der Waals surface area contributed by atoms with Gasteiger partial charge in [-0.1, -0.05) is 30.3 Å². The minimum Gasteiger partial charge on any atom is -0.383 e. The lowest BCUT2D eigenvalue weighted by atomic mass is 10.0. The van der Waals surface area contributed by atoms with Gasteiger partial charge in [-0.3, -0.25) is 9.48 Å². The van der Waals surface area contributed by atoms with Gasteiger partial charge < -0.3 is 10.5 Å². The average Bonchev–Trinajstić information content (AvgIpc) is 2.85. The highest BCUT2D eigenvalue weighted by Crippen LogP contribution is 2.22. The molecule has 0 aliphatic heterocycles. The normalized spacial score (nSPS) is 12.3. The van der Waals surface area contributed by atoms with E-state index in [0.29, 0.717) is 23.3 Å². The largest absolute Gasteiger partial charge is 0.383 e. The number of ether oxygens (including phenoxy) is 1. The SMILES string of the molecule is COCCn1ncc(Br)c1C(=O)C(N)c1ccccc1. The number of carbonyl (C=O) groups is 1. The van der Waals surface area contributed by atoms with Crippen LogP contribution in [0.1, 0.15) is 22.1 Å². The highest BCUT2D eigenvalue weighted by Gasteiger charge is 2.24.